The minimum absolute atomic E-state index is 0.196. The Balaban J connectivity index is 1.64. The number of aromatic nitrogens is 2. The summed E-state index contributed by atoms with van der Waals surface area (Å²) in [6.45, 7) is 2.99. The summed E-state index contributed by atoms with van der Waals surface area (Å²) in [7, 11) is 1.71. The molecule has 0 aliphatic carbocycles. The molecule has 0 fully saturated rings. The van der Waals surface area contributed by atoms with Crippen LogP contribution >= 0.6 is 11.8 Å². The lowest BCUT2D eigenvalue weighted by Gasteiger charge is -2.36. The molecule has 0 saturated heterocycles. The van der Waals surface area contributed by atoms with Crippen LogP contribution in [0.2, 0.25) is 0 Å². The van der Waals surface area contributed by atoms with Gasteiger partial charge in [0.25, 0.3) is 5.91 Å². The summed E-state index contributed by atoms with van der Waals surface area (Å²) >= 11 is 1.32. The highest BCUT2D eigenvalue weighted by atomic mass is 32.2. The number of benzene rings is 1. The number of rotatable bonds is 5. The maximum Gasteiger partial charge on any atom is 0.252 e. The lowest BCUT2D eigenvalue weighted by Crippen LogP contribution is -2.55. The number of aryl methyl sites for hydroxylation is 1. The third kappa shape index (κ3) is 3.03. The first kappa shape index (κ1) is 16.6. The van der Waals surface area contributed by atoms with Gasteiger partial charge in [0.15, 0.2) is 4.75 Å². The normalized spacial score (nSPS) is 19.9. The van der Waals surface area contributed by atoms with Crippen LogP contribution < -0.4 is 10.2 Å². The van der Waals surface area contributed by atoms with E-state index in [4.69, 9.17) is 0 Å². The monoisotopic (exact) mass is 344 g/mol. The summed E-state index contributed by atoms with van der Waals surface area (Å²) in [5, 5.41) is 2.90. The van der Waals surface area contributed by atoms with Crippen molar-refractivity contribution in [2.24, 2.45) is 0 Å². The van der Waals surface area contributed by atoms with Gasteiger partial charge in [-0.1, -0.05) is 23.9 Å². The van der Waals surface area contributed by atoms with Crippen molar-refractivity contribution in [3.8, 4) is 0 Å². The second-order valence-corrected chi connectivity index (χ2v) is 7.34. The van der Waals surface area contributed by atoms with Gasteiger partial charge in [-0.2, -0.15) is 0 Å². The predicted octanol–water partition coefficient (Wildman–Crippen LogP) is 1.92. The van der Waals surface area contributed by atoms with E-state index in [1.54, 1.807) is 31.4 Å². The summed E-state index contributed by atoms with van der Waals surface area (Å²) in [6, 6.07) is 7.64. The van der Waals surface area contributed by atoms with Gasteiger partial charge >= 0.3 is 0 Å². The minimum Gasteiger partial charge on any atom is -0.354 e. The van der Waals surface area contributed by atoms with E-state index in [-0.39, 0.29) is 11.8 Å². The van der Waals surface area contributed by atoms with Gasteiger partial charge in [0.1, 0.15) is 0 Å². The zero-order valence-electron chi connectivity index (χ0n) is 13.7. The van der Waals surface area contributed by atoms with Gasteiger partial charge in [-0.3, -0.25) is 9.59 Å². The molecule has 2 aromatic rings. The molecule has 6 nitrogen and oxygen atoms in total. The SMILES string of the molecule is CN1C(=O)[C@](C)(C(=O)NCCCn2ccnc2)Sc2ccccc21. The van der Waals surface area contributed by atoms with Crippen LogP contribution in [0.4, 0.5) is 5.69 Å². The van der Waals surface area contributed by atoms with Crippen LogP contribution in [-0.4, -0.2) is 39.7 Å². The number of nitrogens with zero attached hydrogens (tertiary/aromatic N) is 3. The molecule has 0 unspecified atom stereocenters. The topological polar surface area (TPSA) is 67.2 Å². The Morgan fingerprint density at radius 1 is 1.38 bits per heavy atom. The number of amides is 2. The van der Waals surface area contributed by atoms with E-state index in [0.717, 1.165) is 23.5 Å². The molecule has 2 heterocycles. The molecule has 24 heavy (non-hydrogen) atoms. The van der Waals surface area contributed by atoms with Gasteiger partial charge in [0, 0.05) is 37.4 Å². The first-order valence-corrected chi connectivity index (χ1v) is 8.64. The lowest BCUT2D eigenvalue weighted by atomic mass is 10.1. The summed E-state index contributed by atoms with van der Waals surface area (Å²) in [5.41, 5.74) is 0.845. The Morgan fingerprint density at radius 3 is 2.92 bits per heavy atom. The summed E-state index contributed by atoms with van der Waals surface area (Å²) in [4.78, 5) is 31.8. The number of thioether (sulfide) groups is 1. The molecule has 0 radical (unpaired) electrons. The number of fused-ring (bicyclic) bond motifs is 1. The highest BCUT2D eigenvalue weighted by Gasteiger charge is 2.47. The van der Waals surface area contributed by atoms with Crippen LogP contribution in [0.1, 0.15) is 13.3 Å². The van der Waals surface area contributed by atoms with Gasteiger partial charge in [-0.15, -0.1) is 0 Å². The van der Waals surface area contributed by atoms with Gasteiger partial charge in [0.05, 0.1) is 12.0 Å². The maximum atomic E-state index is 12.7. The summed E-state index contributed by atoms with van der Waals surface area (Å²) in [6.07, 6.45) is 6.14. The molecule has 1 aromatic heterocycles. The molecule has 0 saturated carbocycles. The second-order valence-electron chi connectivity index (χ2n) is 5.88. The molecule has 7 heteroatoms. The molecular weight excluding hydrogens is 324 g/mol. The molecular formula is C17H20N4O2S. The number of hydrogen-bond acceptors (Lipinski definition) is 4. The first-order valence-electron chi connectivity index (χ1n) is 7.82. The van der Waals surface area contributed by atoms with E-state index >= 15 is 0 Å². The van der Waals surface area contributed by atoms with Gasteiger partial charge in [-0.25, -0.2) is 4.98 Å². The van der Waals surface area contributed by atoms with Crippen molar-refractivity contribution in [3.63, 3.8) is 0 Å². The standard InChI is InChI=1S/C17H20N4O2S/c1-17(15(22)19-8-5-10-21-11-9-18-12-21)16(23)20(2)13-6-3-4-7-14(13)24-17/h3-4,6-7,9,11-12H,5,8,10H2,1-2H3,(H,19,22)/t17-/m0/s1. The third-order valence-electron chi connectivity index (χ3n) is 4.12. The molecule has 0 bridgehead atoms. The van der Waals surface area contributed by atoms with E-state index in [1.807, 2.05) is 35.0 Å². The van der Waals surface area contributed by atoms with E-state index < -0.39 is 4.75 Å². The number of para-hydroxylation sites is 1. The Kier molecular flexibility index (Phi) is 4.62. The van der Waals surface area contributed by atoms with Crippen molar-refractivity contribution in [2.45, 2.75) is 29.5 Å². The fourth-order valence-electron chi connectivity index (χ4n) is 2.71. The van der Waals surface area contributed by atoms with Crippen molar-refractivity contribution < 1.29 is 9.59 Å². The molecule has 2 amide bonds. The van der Waals surface area contributed by atoms with Crippen molar-refractivity contribution >= 4 is 29.3 Å². The average Bonchev–Trinajstić information content (AvgIpc) is 3.10. The highest BCUT2D eigenvalue weighted by Crippen LogP contribution is 2.44. The summed E-state index contributed by atoms with van der Waals surface area (Å²) in [5.74, 6) is -0.442. The van der Waals surface area contributed by atoms with Crippen molar-refractivity contribution in [1.29, 1.82) is 0 Å². The number of nitrogens with one attached hydrogen (secondary N) is 1. The number of hydrogen-bond donors (Lipinski definition) is 1. The van der Waals surface area contributed by atoms with Crippen LogP contribution in [0.5, 0.6) is 0 Å². The predicted molar refractivity (Wildman–Crippen MR) is 94.0 cm³/mol. The van der Waals surface area contributed by atoms with Crippen LogP contribution in [0.3, 0.4) is 0 Å². The van der Waals surface area contributed by atoms with Crippen molar-refractivity contribution in [3.05, 3.63) is 43.0 Å². The molecule has 0 spiro atoms. The van der Waals surface area contributed by atoms with Gasteiger partial charge in [0.2, 0.25) is 5.91 Å². The van der Waals surface area contributed by atoms with E-state index in [1.165, 1.54) is 11.8 Å². The van der Waals surface area contributed by atoms with Crippen LogP contribution in [0.25, 0.3) is 0 Å². The fourth-order valence-corrected chi connectivity index (χ4v) is 3.99. The minimum atomic E-state index is -1.14. The largest absolute Gasteiger partial charge is 0.354 e. The van der Waals surface area contributed by atoms with Crippen LogP contribution in [0, 0.1) is 0 Å². The van der Waals surface area contributed by atoms with Crippen LogP contribution in [0.15, 0.2) is 47.9 Å². The van der Waals surface area contributed by atoms with E-state index in [2.05, 4.69) is 10.3 Å². The number of carbonyl (C=O) groups excluding carboxylic acids is 2. The Morgan fingerprint density at radius 2 is 2.17 bits per heavy atom. The smallest absolute Gasteiger partial charge is 0.252 e. The van der Waals surface area contributed by atoms with Crippen LogP contribution in [-0.2, 0) is 16.1 Å². The van der Waals surface area contributed by atoms with Crippen molar-refractivity contribution in [1.82, 2.24) is 14.9 Å². The molecule has 3 rings (SSSR count). The molecule has 1 aromatic carbocycles. The lowest BCUT2D eigenvalue weighted by molar-refractivity contribution is -0.131. The number of carbonyl (C=O) groups is 2. The zero-order chi connectivity index (χ0) is 17.2. The quantitative estimate of drug-likeness (QED) is 0.665. The molecule has 1 aliphatic heterocycles. The Bertz CT molecular complexity index is 747. The third-order valence-corrected chi connectivity index (χ3v) is 5.46. The summed E-state index contributed by atoms with van der Waals surface area (Å²) < 4.78 is 0.816. The number of anilines is 1. The highest BCUT2D eigenvalue weighted by molar-refractivity contribution is 8.02. The molecule has 1 N–H and O–H groups in total. The van der Waals surface area contributed by atoms with Gasteiger partial charge < -0.3 is 14.8 Å². The Hall–Kier alpha value is -2.28. The van der Waals surface area contributed by atoms with E-state index in [0.29, 0.717) is 6.54 Å². The Labute approximate surface area is 145 Å². The average molecular weight is 344 g/mol. The van der Waals surface area contributed by atoms with Gasteiger partial charge in [-0.05, 0) is 25.5 Å². The second kappa shape index (κ2) is 6.68. The van der Waals surface area contributed by atoms with Crippen molar-refractivity contribution in [2.75, 3.05) is 18.5 Å². The zero-order valence-corrected chi connectivity index (χ0v) is 14.5. The van der Waals surface area contributed by atoms with E-state index in [9.17, 15) is 9.59 Å². The molecule has 1 atom stereocenters. The molecule has 126 valence electrons. The first-order chi connectivity index (χ1) is 11.5. The fraction of sp³-hybridized carbons (Fsp3) is 0.353. The number of imidazole rings is 1. The molecule has 1 aliphatic rings. The maximum absolute atomic E-state index is 12.7.